The summed E-state index contributed by atoms with van der Waals surface area (Å²) < 4.78 is 1.50. The van der Waals surface area contributed by atoms with E-state index in [4.69, 9.17) is 0 Å². The summed E-state index contributed by atoms with van der Waals surface area (Å²) in [4.78, 5) is 12.2. The van der Waals surface area contributed by atoms with Crippen LogP contribution in [0.2, 0.25) is 0 Å². The summed E-state index contributed by atoms with van der Waals surface area (Å²) in [5, 5.41) is 10.0. The number of imidazole rings is 1. The van der Waals surface area contributed by atoms with Crippen LogP contribution in [0.15, 0.2) is 44.3 Å². The number of aliphatic imine (C=N–C) groups is 1. The Bertz CT molecular complexity index is 871. The fraction of sp³-hybridized carbons (Fsp3) is 0.125. The lowest BCUT2D eigenvalue weighted by Crippen LogP contribution is -1.84. The highest BCUT2D eigenvalue weighted by Gasteiger charge is 2.06. The zero-order valence-corrected chi connectivity index (χ0v) is 14.9. The maximum Gasteiger partial charge on any atom is 0.138 e. The summed E-state index contributed by atoms with van der Waals surface area (Å²) in [5.41, 5.74) is 3.34. The Hall–Kier alpha value is -1.66. The second-order valence-corrected chi connectivity index (χ2v) is 6.59. The number of fused-ring (bicyclic) bond motifs is 1. The monoisotopic (exact) mass is 421 g/mol. The number of halogens is 2. The molecule has 1 heterocycles. The van der Waals surface area contributed by atoms with Gasteiger partial charge in [-0.3, -0.25) is 4.99 Å². The number of nitrogens with one attached hydrogen (secondary N) is 1. The minimum atomic E-state index is 0.169. The Balaban J connectivity index is 1.95. The topological polar surface area (TPSA) is 61.3 Å². The van der Waals surface area contributed by atoms with Crippen molar-refractivity contribution >= 4 is 54.8 Å². The molecule has 0 bridgehead atoms. The molecule has 3 rings (SSSR count). The minimum absolute atomic E-state index is 0.169. The standard InChI is InChI=1S/C16H13Br2N3O/c1-2-15-20-13-4-3-11(7-14(13)21-15)19-8-9-5-10(17)6-12(18)16(9)22/h3-8,22H,2H2,1H3,(H,20,21). The van der Waals surface area contributed by atoms with E-state index in [1.807, 2.05) is 24.3 Å². The van der Waals surface area contributed by atoms with E-state index in [0.717, 1.165) is 33.4 Å². The molecule has 0 spiro atoms. The molecule has 4 nitrogen and oxygen atoms in total. The highest BCUT2D eigenvalue weighted by atomic mass is 79.9. The lowest BCUT2D eigenvalue weighted by molar-refractivity contribution is 0.471. The minimum Gasteiger partial charge on any atom is -0.506 e. The molecule has 3 aromatic rings. The fourth-order valence-electron chi connectivity index (χ4n) is 2.13. The van der Waals surface area contributed by atoms with Gasteiger partial charge in [0.1, 0.15) is 11.6 Å². The van der Waals surface area contributed by atoms with Gasteiger partial charge in [0, 0.05) is 22.7 Å². The maximum absolute atomic E-state index is 10.0. The maximum atomic E-state index is 10.0. The van der Waals surface area contributed by atoms with E-state index in [9.17, 15) is 5.11 Å². The van der Waals surface area contributed by atoms with Gasteiger partial charge in [-0.15, -0.1) is 0 Å². The fourth-order valence-corrected chi connectivity index (χ4v) is 3.38. The van der Waals surface area contributed by atoms with Crippen molar-refractivity contribution < 1.29 is 5.11 Å². The van der Waals surface area contributed by atoms with Gasteiger partial charge in [-0.25, -0.2) is 4.98 Å². The molecule has 0 radical (unpaired) electrons. The van der Waals surface area contributed by atoms with Gasteiger partial charge >= 0.3 is 0 Å². The Morgan fingerprint density at radius 1 is 1.27 bits per heavy atom. The van der Waals surface area contributed by atoms with Crippen LogP contribution in [0, 0.1) is 0 Å². The van der Waals surface area contributed by atoms with Gasteiger partial charge in [0.15, 0.2) is 0 Å². The predicted octanol–water partition coefficient (Wildman–Crippen LogP) is 5.11. The second kappa shape index (κ2) is 6.22. The molecule has 2 N–H and O–H groups in total. The number of rotatable bonds is 3. The second-order valence-electron chi connectivity index (χ2n) is 4.82. The van der Waals surface area contributed by atoms with Crippen LogP contribution in [-0.4, -0.2) is 21.3 Å². The summed E-state index contributed by atoms with van der Waals surface area (Å²) in [6.07, 6.45) is 2.51. The van der Waals surface area contributed by atoms with Gasteiger partial charge in [-0.1, -0.05) is 22.9 Å². The van der Waals surface area contributed by atoms with E-state index in [1.54, 1.807) is 12.3 Å². The number of aromatic amines is 1. The number of aryl methyl sites for hydroxylation is 1. The summed E-state index contributed by atoms with van der Waals surface area (Å²) in [7, 11) is 0. The molecule has 0 fully saturated rings. The third kappa shape index (κ3) is 3.08. The lowest BCUT2D eigenvalue weighted by Gasteiger charge is -2.02. The van der Waals surface area contributed by atoms with Crippen molar-refractivity contribution in [1.29, 1.82) is 0 Å². The number of hydrogen-bond acceptors (Lipinski definition) is 3. The van der Waals surface area contributed by atoms with Crippen molar-refractivity contribution in [2.45, 2.75) is 13.3 Å². The van der Waals surface area contributed by atoms with E-state index in [2.05, 4.69) is 53.7 Å². The van der Waals surface area contributed by atoms with Gasteiger partial charge in [0.05, 0.1) is 21.2 Å². The van der Waals surface area contributed by atoms with Crippen LogP contribution in [0.1, 0.15) is 18.3 Å². The molecule has 0 unspecified atom stereocenters. The smallest absolute Gasteiger partial charge is 0.138 e. The average Bonchev–Trinajstić information content (AvgIpc) is 2.91. The molecule has 0 aliphatic carbocycles. The SMILES string of the molecule is CCc1nc2ccc(N=Cc3cc(Br)cc(Br)c3O)cc2[nH]1. The molecular weight excluding hydrogens is 410 g/mol. The predicted molar refractivity (Wildman–Crippen MR) is 96.2 cm³/mol. The molecule has 0 aliphatic rings. The number of benzene rings is 2. The van der Waals surface area contributed by atoms with Crippen LogP contribution in [-0.2, 0) is 6.42 Å². The van der Waals surface area contributed by atoms with Crippen LogP contribution in [0.3, 0.4) is 0 Å². The lowest BCUT2D eigenvalue weighted by atomic mass is 10.2. The van der Waals surface area contributed by atoms with Crippen molar-refractivity contribution in [2.75, 3.05) is 0 Å². The van der Waals surface area contributed by atoms with Crippen molar-refractivity contribution in [2.24, 2.45) is 4.99 Å². The normalized spacial score (nSPS) is 11.6. The average molecular weight is 423 g/mol. The first-order valence-electron chi connectivity index (χ1n) is 6.77. The molecule has 22 heavy (non-hydrogen) atoms. The molecule has 0 saturated heterocycles. The molecule has 1 aromatic heterocycles. The molecular formula is C16H13Br2N3O. The highest BCUT2D eigenvalue weighted by Crippen LogP contribution is 2.31. The quantitative estimate of drug-likeness (QED) is 0.576. The van der Waals surface area contributed by atoms with Gasteiger partial charge in [-0.05, 0) is 46.3 Å². The molecule has 112 valence electrons. The van der Waals surface area contributed by atoms with E-state index >= 15 is 0 Å². The molecule has 0 aliphatic heterocycles. The zero-order valence-electron chi connectivity index (χ0n) is 11.8. The van der Waals surface area contributed by atoms with Crippen molar-refractivity contribution in [1.82, 2.24) is 9.97 Å². The van der Waals surface area contributed by atoms with Gasteiger partial charge < -0.3 is 10.1 Å². The van der Waals surface area contributed by atoms with Crippen LogP contribution in [0.25, 0.3) is 11.0 Å². The van der Waals surface area contributed by atoms with Crippen molar-refractivity contribution in [3.05, 3.63) is 50.7 Å². The number of phenols is 1. The largest absolute Gasteiger partial charge is 0.506 e. The molecule has 0 atom stereocenters. The van der Waals surface area contributed by atoms with Crippen LogP contribution >= 0.6 is 31.9 Å². The zero-order chi connectivity index (χ0) is 15.7. The van der Waals surface area contributed by atoms with E-state index in [1.165, 1.54) is 0 Å². The van der Waals surface area contributed by atoms with Crippen LogP contribution < -0.4 is 0 Å². The first kappa shape index (κ1) is 15.2. The van der Waals surface area contributed by atoms with Crippen LogP contribution in [0.4, 0.5) is 5.69 Å². The van der Waals surface area contributed by atoms with Gasteiger partial charge in [0.2, 0.25) is 0 Å². The Morgan fingerprint density at radius 2 is 2.09 bits per heavy atom. The number of aromatic hydroxyl groups is 1. The molecule has 6 heteroatoms. The summed E-state index contributed by atoms with van der Waals surface area (Å²) in [5.74, 6) is 1.13. The molecule has 2 aromatic carbocycles. The third-order valence-corrected chi connectivity index (χ3v) is 4.32. The number of aromatic nitrogens is 2. The van der Waals surface area contributed by atoms with Crippen LogP contribution in [0.5, 0.6) is 5.75 Å². The number of hydrogen-bond donors (Lipinski definition) is 2. The van der Waals surface area contributed by atoms with Crippen molar-refractivity contribution in [3.8, 4) is 5.75 Å². The number of phenolic OH excluding ortho intramolecular Hbond substituents is 1. The van der Waals surface area contributed by atoms with Gasteiger partial charge in [-0.2, -0.15) is 0 Å². The molecule has 0 amide bonds. The van der Waals surface area contributed by atoms with Gasteiger partial charge in [0.25, 0.3) is 0 Å². The third-order valence-electron chi connectivity index (χ3n) is 3.26. The Morgan fingerprint density at radius 3 is 2.86 bits per heavy atom. The molecule has 0 saturated carbocycles. The first-order chi connectivity index (χ1) is 10.6. The van der Waals surface area contributed by atoms with Crippen molar-refractivity contribution in [3.63, 3.8) is 0 Å². The summed E-state index contributed by atoms with van der Waals surface area (Å²) >= 11 is 6.71. The first-order valence-corrected chi connectivity index (χ1v) is 8.36. The Kier molecular flexibility index (Phi) is 4.31. The number of nitrogens with zero attached hydrogens (tertiary/aromatic N) is 2. The van der Waals surface area contributed by atoms with E-state index in [-0.39, 0.29) is 5.75 Å². The van der Waals surface area contributed by atoms with E-state index < -0.39 is 0 Å². The summed E-state index contributed by atoms with van der Waals surface area (Å²) in [6.45, 7) is 2.06. The number of H-pyrrole nitrogens is 1. The Labute approximate surface area is 144 Å². The summed E-state index contributed by atoms with van der Waals surface area (Å²) in [6, 6.07) is 9.39. The highest BCUT2D eigenvalue weighted by molar-refractivity contribution is 9.11. The van der Waals surface area contributed by atoms with E-state index in [0.29, 0.717) is 10.0 Å².